The number of benzene rings is 1. The smallest absolute Gasteiger partial charge is 0.270 e. The summed E-state index contributed by atoms with van der Waals surface area (Å²) in [6, 6.07) is 4.26. The summed E-state index contributed by atoms with van der Waals surface area (Å²) in [7, 11) is 0. The van der Waals surface area contributed by atoms with E-state index in [0.29, 0.717) is 35.6 Å². The molecular formula is C14H18BrN3O3. The van der Waals surface area contributed by atoms with E-state index in [1.54, 1.807) is 11.0 Å². The number of halogens is 1. The van der Waals surface area contributed by atoms with Crippen molar-refractivity contribution in [2.45, 2.75) is 19.3 Å². The Labute approximate surface area is 131 Å². The molecule has 1 aliphatic heterocycles. The highest BCUT2D eigenvalue weighted by Gasteiger charge is 2.25. The first-order valence-electron chi connectivity index (χ1n) is 6.96. The lowest BCUT2D eigenvalue weighted by molar-refractivity contribution is -0.384. The number of hydrogen-bond acceptors (Lipinski definition) is 4. The fraction of sp³-hybridized carbons (Fsp3) is 0.500. The summed E-state index contributed by atoms with van der Waals surface area (Å²) in [6.07, 6.45) is 2.87. The summed E-state index contributed by atoms with van der Waals surface area (Å²) in [4.78, 5) is 24.6. The maximum absolute atomic E-state index is 12.5. The second-order valence-corrected chi connectivity index (χ2v) is 6.09. The molecule has 0 saturated carbocycles. The number of piperidine rings is 1. The molecule has 6 nitrogen and oxygen atoms in total. The van der Waals surface area contributed by atoms with Crippen molar-refractivity contribution in [3.63, 3.8) is 0 Å². The number of carbonyl (C=O) groups is 1. The van der Waals surface area contributed by atoms with Gasteiger partial charge in [-0.05, 0) is 53.7 Å². The van der Waals surface area contributed by atoms with E-state index >= 15 is 0 Å². The molecule has 0 unspecified atom stereocenters. The van der Waals surface area contributed by atoms with Crippen molar-refractivity contribution in [2.24, 2.45) is 11.7 Å². The van der Waals surface area contributed by atoms with Gasteiger partial charge < -0.3 is 10.6 Å². The molecule has 1 aromatic rings. The third-order valence-corrected chi connectivity index (χ3v) is 4.56. The van der Waals surface area contributed by atoms with Crippen LogP contribution in [0.2, 0.25) is 0 Å². The number of rotatable bonds is 4. The summed E-state index contributed by atoms with van der Waals surface area (Å²) in [5.74, 6) is 0.421. The number of likely N-dealkylation sites (tertiary alicyclic amines) is 1. The van der Waals surface area contributed by atoms with Crippen molar-refractivity contribution in [1.29, 1.82) is 0 Å². The molecule has 1 saturated heterocycles. The Kier molecular flexibility index (Phi) is 5.30. The highest BCUT2D eigenvalue weighted by atomic mass is 79.9. The van der Waals surface area contributed by atoms with Crippen molar-refractivity contribution in [3.05, 3.63) is 38.3 Å². The number of non-ortho nitro benzene ring substituents is 1. The van der Waals surface area contributed by atoms with Crippen LogP contribution in [-0.2, 0) is 0 Å². The summed E-state index contributed by atoms with van der Waals surface area (Å²) in [5.41, 5.74) is 5.84. The number of nitrogens with two attached hydrogens (primary N) is 1. The number of amides is 1. The third kappa shape index (κ3) is 3.79. The van der Waals surface area contributed by atoms with Crippen LogP contribution in [0.5, 0.6) is 0 Å². The average molecular weight is 356 g/mol. The van der Waals surface area contributed by atoms with Gasteiger partial charge in [-0.25, -0.2) is 0 Å². The van der Waals surface area contributed by atoms with E-state index in [4.69, 9.17) is 5.73 Å². The lowest BCUT2D eigenvalue weighted by Crippen LogP contribution is -2.39. The van der Waals surface area contributed by atoms with Gasteiger partial charge in [-0.1, -0.05) is 0 Å². The largest absolute Gasteiger partial charge is 0.339 e. The number of hydrogen-bond donors (Lipinski definition) is 1. The molecule has 1 fully saturated rings. The summed E-state index contributed by atoms with van der Waals surface area (Å²) in [5, 5.41) is 10.8. The Morgan fingerprint density at radius 3 is 2.67 bits per heavy atom. The van der Waals surface area contributed by atoms with Gasteiger partial charge in [0.2, 0.25) is 0 Å². The molecule has 2 N–H and O–H groups in total. The van der Waals surface area contributed by atoms with Gasteiger partial charge >= 0.3 is 0 Å². The standard InChI is InChI=1S/C14H18BrN3O3/c15-13-2-1-11(18(20)21)9-12(13)14(19)17-7-4-10(3-6-16)5-8-17/h1-2,9-10H,3-8,16H2. The van der Waals surface area contributed by atoms with E-state index in [2.05, 4.69) is 15.9 Å². The molecule has 0 aliphatic carbocycles. The molecule has 1 amide bonds. The fourth-order valence-corrected chi connectivity index (χ4v) is 3.04. The minimum Gasteiger partial charge on any atom is -0.339 e. The van der Waals surface area contributed by atoms with Gasteiger partial charge in [0.25, 0.3) is 11.6 Å². The summed E-state index contributed by atoms with van der Waals surface area (Å²) < 4.78 is 0.585. The van der Waals surface area contributed by atoms with Crippen molar-refractivity contribution in [2.75, 3.05) is 19.6 Å². The molecule has 1 aliphatic rings. The van der Waals surface area contributed by atoms with Gasteiger partial charge in [0.1, 0.15) is 0 Å². The van der Waals surface area contributed by atoms with Gasteiger partial charge in [-0.15, -0.1) is 0 Å². The van der Waals surface area contributed by atoms with Crippen LogP contribution in [0.1, 0.15) is 29.6 Å². The zero-order valence-electron chi connectivity index (χ0n) is 11.6. The third-order valence-electron chi connectivity index (χ3n) is 3.87. The quantitative estimate of drug-likeness (QED) is 0.663. The normalized spacial score (nSPS) is 16.0. The van der Waals surface area contributed by atoms with E-state index in [1.165, 1.54) is 12.1 Å². The van der Waals surface area contributed by atoms with Crippen molar-refractivity contribution < 1.29 is 9.72 Å². The molecule has 7 heteroatoms. The first-order valence-corrected chi connectivity index (χ1v) is 7.75. The summed E-state index contributed by atoms with van der Waals surface area (Å²) >= 11 is 3.30. The number of carbonyl (C=O) groups excluding carboxylic acids is 1. The zero-order valence-corrected chi connectivity index (χ0v) is 13.2. The second-order valence-electron chi connectivity index (χ2n) is 5.23. The van der Waals surface area contributed by atoms with Crippen LogP contribution in [0.25, 0.3) is 0 Å². The van der Waals surface area contributed by atoms with Gasteiger partial charge in [-0.2, -0.15) is 0 Å². The molecule has 21 heavy (non-hydrogen) atoms. The van der Waals surface area contributed by atoms with Crippen molar-refractivity contribution in [3.8, 4) is 0 Å². The highest BCUT2D eigenvalue weighted by Crippen LogP contribution is 2.26. The molecule has 0 spiro atoms. The monoisotopic (exact) mass is 355 g/mol. The fourth-order valence-electron chi connectivity index (χ4n) is 2.62. The molecular weight excluding hydrogens is 338 g/mol. The van der Waals surface area contributed by atoms with Gasteiger partial charge in [0.15, 0.2) is 0 Å². The number of nitro benzene ring substituents is 1. The minimum absolute atomic E-state index is 0.0698. The summed E-state index contributed by atoms with van der Waals surface area (Å²) in [6.45, 7) is 2.03. The Morgan fingerprint density at radius 2 is 2.10 bits per heavy atom. The molecule has 0 radical (unpaired) electrons. The molecule has 1 aromatic carbocycles. The van der Waals surface area contributed by atoms with Crippen LogP contribution in [0.4, 0.5) is 5.69 Å². The molecule has 0 aromatic heterocycles. The van der Waals surface area contributed by atoms with Crippen molar-refractivity contribution in [1.82, 2.24) is 4.90 Å². The van der Waals surface area contributed by atoms with E-state index in [0.717, 1.165) is 19.3 Å². The number of nitrogens with zero attached hydrogens (tertiary/aromatic N) is 2. The molecule has 2 rings (SSSR count). The Balaban J connectivity index is 2.10. The average Bonchev–Trinajstić information content (AvgIpc) is 2.48. The Hall–Kier alpha value is -1.47. The second kappa shape index (κ2) is 7.00. The SMILES string of the molecule is NCCC1CCN(C(=O)c2cc([N+](=O)[O-])ccc2Br)CC1. The molecule has 0 atom stereocenters. The first kappa shape index (κ1) is 15.9. The minimum atomic E-state index is -0.489. The van der Waals surface area contributed by atoms with E-state index in [-0.39, 0.29) is 11.6 Å². The van der Waals surface area contributed by atoms with Gasteiger partial charge in [0, 0.05) is 29.7 Å². The molecule has 1 heterocycles. The van der Waals surface area contributed by atoms with Crippen LogP contribution in [-0.4, -0.2) is 35.4 Å². The van der Waals surface area contributed by atoms with E-state index < -0.39 is 4.92 Å². The predicted octanol–water partition coefficient (Wildman–Crippen LogP) is 2.56. The van der Waals surface area contributed by atoms with Crippen molar-refractivity contribution >= 4 is 27.5 Å². The zero-order chi connectivity index (χ0) is 15.4. The highest BCUT2D eigenvalue weighted by molar-refractivity contribution is 9.10. The molecule has 114 valence electrons. The van der Waals surface area contributed by atoms with Gasteiger partial charge in [-0.3, -0.25) is 14.9 Å². The van der Waals surface area contributed by atoms with E-state index in [9.17, 15) is 14.9 Å². The van der Waals surface area contributed by atoms with Crippen LogP contribution in [0.3, 0.4) is 0 Å². The van der Waals surface area contributed by atoms with E-state index in [1.807, 2.05) is 0 Å². The van der Waals surface area contributed by atoms with Gasteiger partial charge in [0.05, 0.1) is 10.5 Å². The van der Waals surface area contributed by atoms with Crippen LogP contribution < -0.4 is 5.73 Å². The maximum Gasteiger partial charge on any atom is 0.270 e. The predicted molar refractivity (Wildman–Crippen MR) is 83.1 cm³/mol. The first-order chi connectivity index (χ1) is 10.0. The topological polar surface area (TPSA) is 89.5 Å². The lowest BCUT2D eigenvalue weighted by atomic mass is 9.93. The maximum atomic E-state index is 12.5. The van der Waals surface area contributed by atoms with Crippen LogP contribution in [0, 0.1) is 16.0 Å². The Bertz CT molecular complexity index is 542. The Morgan fingerprint density at radius 1 is 1.43 bits per heavy atom. The lowest BCUT2D eigenvalue weighted by Gasteiger charge is -2.32. The number of nitro groups is 1. The molecule has 0 bridgehead atoms. The van der Waals surface area contributed by atoms with Crippen LogP contribution >= 0.6 is 15.9 Å². The van der Waals surface area contributed by atoms with Crippen LogP contribution in [0.15, 0.2) is 22.7 Å².